The number of thiol groups is 8. The van der Waals surface area contributed by atoms with Crippen LogP contribution in [-0.2, 0) is 47.6 Å². The Balaban J connectivity index is 5.18. The summed E-state index contributed by atoms with van der Waals surface area (Å²) >= 11 is 34.2. The Labute approximate surface area is 336 Å². The summed E-state index contributed by atoms with van der Waals surface area (Å²) in [7, 11) is 0. The Hall–Kier alpha value is 0.600. The van der Waals surface area contributed by atoms with Crippen LogP contribution in [0.1, 0.15) is 65.2 Å². The second kappa shape index (κ2) is 30.0. The Kier molecular flexibility index (Phi) is 30.4. The van der Waals surface area contributed by atoms with Crippen molar-refractivity contribution in [3.8, 4) is 0 Å². The maximum absolute atomic E-state index is 12.5. The topological polar surface area (TPSA) is 124 Å². The van der Waals surface area contributed by atoms with Crippen LogP contribution in [0.5, 0.6) is 0 Å². The van der Waals surface area contributed by atoms with Crippen LogP contribution >= 0.6 is 101 Å². The maximum Gasteiger partial charge on any atom is 0.307 e. The molecule has 0 aromatic rings. The fourth-order valence-corrected chi connectivity index (χ4v) is 7.11. The second-order valence-electron chi connectivity index (χ2n) is 12.3. The summed E-state index contributed by atoms with van der Waals surface area (Å²) in [5.41, 5.74) is -0.528. The number of ether oxygens (including phenoxy) is 6. The third kappa shape index (κ3) is 28.7. The minimum absolute atomic E-state index is 0.0279. The van der Waals surface area contributed by atoms with Crippen molar-refractivity contribution in [1.82, 2.24) is 0 Å². The van der Waals surface area contributed by atoms with Crippen LogP contribution in [0.25, 0.3) is 0 Å². The number of carbonyl (C=O) groups is 4. The zero-order chi connectivity index (χ0) is 37.2. The van der Waals surface area contributed by atoms with Gasteiger partial charge in [-0.15, -0.1) is 0 Å². The van der Waals surface area contributed by atoms with Crippen molar-refractivity contribution in [3.63, 3.8) is 0 Å². The third-order valence-corrected chi connectivity index (χ3v) is 9.30. The van der Waals surface area contributed by atoms with E-state index in [1.807, 2.05) is 13.8 Å². The van der Waals surface area contributed by atoms with Gasteiger partial charge in [0, 0.05) is 26.4 Å². The molecule has 18 heteroatoms. The van der Waals surface area contributed by atoms with Gasteiger partial charge >= 0.3 is 23.9 Å². The third-order valence-electron chi connectivity index (χ3n) is 6.51. The fraction of sp³-hybridized carbons (Fsp3) is 0.871. The molecule has 0 N–H and O–H groups in total. The molecule has 0 aliphatic rings. The van der Waals surface area contributed by atoms with Gasteiger partial charge < -0.3 is 28.4 Å². The van der Waals surface area contributed by atoms with Gasteiger partial charge in [-0.05, 0) is 48.7 Å². The number of esters is 4. The Morgan fingerprint density at radius 3 is 1.06 bits per heavy atom. The summed E-state index contributed by atoms with van der Waals surface area (Å²) < 4.78 is 33.7. The van der Waals surface area contributed by atoms with Crippen molar-refractivity contribution in [2.24, 2.45) is 5.41 Å². The summed E-state index contributed by atoms with van der Waals surface area (Å²) in [6.45, 7) is 3.80. The van der Waals surface area contributed by atoms with E-state index in [1.54, 1.807) is 0 Å². The van der Waals surface area contributed by atoms with Gasteiger partial charge in [0.1, 0.15) is 13.2 Å². The zero-order valence-electron chi connectivity index (χ0n) is 28.4. The largest absolute Gasteiger partial charge is 0.462 e. The van der Waals surface area contributed by atoms with Crippen LogP contribution in [0, 0.1) is 5.41 Å². The Morgan fingerprint density at radius 2 is 0.776 bits per heavy atom. The lowest BCUT2D eigenvalue weighted by molar-refractivity contribution is -0.165. The molecule has 0 saturated carbocycles. The SMILES string of the molecule is CC(C)(COCC(COC(=O)CC(S)CCS)OC(=O)CC(S)CCS)COCC(COC(=O)CC(S)CCS)OC(=O)CC(S)CCS. The molecule has 10 nitrogen and oxygen atoms in total. The average Bonchev–Trinajstić information content (AvgIpc) is 2.98. The highest BCUT2D eigenvalue weighted by Crippen LogP contribution is 2.19. The molecule has 0 aromatic heterocycles. The van der Waals surface area contributed by atoms with Gasteiger partial charge in [0.2, 0.25) is 0 Å². The van der Waals surface area contributed by atoms with E-state index in [2.05, 4.69) is 101 Å². The van der Waals surface area contributed by atoms with E-state index in [1.165, 1.54) is 0 Å². The van der Waals surface area contributed by atoms with E-state index in [-0.39, 0.29) is 86.3 Å². The molecule has 0 amide bonds. The molecule has 0 saturated heterocycles. The van der Waals surface area contributed by atoms with E-state index in [4.69, 9.17) is 28.4 Å². The van der Waals surface area contributed by atoms with Crippen LogP contribution in [0.3, 0.4) is 0 Å². The Bertz CT molecular complexity index is 863. The summed E-state index contributed by atoms with van der Waals surface area (Å²) in [6.07, 6.45) is 1.20. The van der Waals surface area contributed by atoms with Crippen LogP contribution < -0.4 is 0 Å². The molecule has 0 radical (unpaired) electrons. The summed E-state index contributed by atoms with van der Waals surface area (Å²) in [5.74, 6) is 0.433. The maximum atomic E-state index is 12.5. The summed E-state index contributed by atoms with van der Waals surface area (Å²) in [6, 6.07) is 0. The number of rotatable bonds is 30. The van der Waals surface area contributed by atoms with Gasteiger partial charge in [-0.2, -0.15) is 101 Å². The van der Waals surface area contributed by atoms with Crippen molar-refractivity contribution in [1.29, 1.82) is 0 Å². The standard InChI is InChI=1S/C31H56O10S8/c1-31(2,19-36-15-21(40-29(34)13-25(48)5-9-44)17-38-27(32)11-23(46)3-7-42)20-37-16-22(41-30(35)14-26(49)6-10-45)18-39-28(33)12-24(47)4-8-43/h21-26,42-49H,3-20H2,1-2H3. The van der Waals surface area contributed by atoms with Gasteiger partial charge in [-0.25, -0.2) is 0 Å². The van der Waals surface area contributed by atoms with Crippen LogP contribution in [-0.4, -0.2) is 120 Å². The van der Waals surface area contributed by atoms with Crippen molar-refractivity contribution in [2.75, 3.05) is 62.7 Å². The first-order chi connectivity index (χ1) is 23.1. The fourth-order valence-electron chi connectivity index (χ4n) is 3.94. The predicted octanol–water partition coefficient (Wildman–Crippen LogP) is 4.99. The van der Waals surface area contributed by atoms with E-state index in [9.17, 15) is 19.2 Å². The number of hydrogen-bond acceptors (Lipinski definition) is 18. The molecule has 0 heterocycles. The lowest BCUT2D eigenvalue weighted by Gasteiger charge is -2.27. The predicted molar refractivity (Wildman–Crippen MR) is 221 cm³/mol. The first-order valence-corrected chi connectivity index (χ1v) is 20.7. The first kappa shape index (κ1) is 49.6. The highest BCUT2D eigenvalue weighted by atomic mass is 32.1. The number of carbonyl (C=O) groups excluding carboxylic acids is 4. The van der Waals surface area contributed by atoms with E-state index >= 15 is 0 Å². The molecule has 0 bridgehead atoms. The summed E-state index contributed by atoms with van der Waals surface area (Å²) in [5, 5.41) is -0.807. The molecular formula is C31H56O10S8. The average molecular weight is 845 g/mol. The van der Waals surface area contributed by atoms with Crippen LogP contribution in [0.4, 0.5) is 0 Å². The van der Waals surface area contributed by atoms with Gasteiger partial charge in [0.15, 0.2) is 12.2 Å². The Morgan fingerprint density at radius 1 is 0.490 bits per heavy atom. The molecule has 0 aromatic carbocycles. The van der Waals surface area contributed by atoms with Crippen molar-refractivity contribution in [2.45, 2.75) is 98.4 Å². The monoisotopic (exact) mass is 844 g/mol. The molecule has 0 fully saturated rings. The lowest BCUT2D eigenvalue weighted by atomic mass is 9.96. The van der Waals surface area contributed by atoms with E-state index in [0.29, 0.717) is 48.7 Å². The van der Waals surface area contributed by atoms with Crippen LogP contribution in [0.2, 0.25) is 0 Å². The van der Waals surface area contributed by atoms with Gasteiger partial charge in [0.25, 0.3) is 0 Å². The molecule has 6 unspecified atom stereocenters. The lowest BCUT2D eigenvalue weighted by Crippen LogP contribution is -2.35. The van der Waals surface area contributed by atoms with Crippen LogP contribution in [0.15, 0.2) is 0 Å². The quantitative estimate of drug-likeness (QED) is 0.0286. The first-order valence-electron chi connectivity index (χ1n) is 16.2. The molecular weight excluding hydrogens is 789 g/mol. The van der Waals surface area contributed by atoms with Crippen molar-refractivity contribution in [3.05, 3.63) is 0 Å². The van der Waals surface area contributed by atoms with Gasteiger partial charge in [0.05, 0.1) is 52.1 Å². The molecule has 0 rings (SSSR count). The molecule has 288 valence electrons. The second-order valence-corrected chi connectivity index (χ2v) is 17.0. The molecule has 0 aliphatic carbocycles. The number of hydrogen-bond donors (Lipinski definition) is 8. The minimum atomic E-state index is -0.839. The minimum Gasteiger partial charge on any atom is -0.462 e. The molecule has 6 atom stereocenters. The van der Waals surface area contributed by atoms with Crippen molar-refractivity contribution >= 4 is 125 Å². The zero-order valence-corrected chi connectivity index (χ0v) is 35.5. The smallest absolute Gasteiger partial charge is 0.307 e. The van der Waals surface area contributed by atoms with Crippen molar-refractivity contribution < 1.29 is 47.6 Å². The highest BCUT2D eigenvalue weighted by molar-refractivity contribution is 7.82. The molecule has 49 heavy (non-hydrogen) atoms. The summed E-state index contributed by atoms with van der Waals surface area (Å²) in [4.78, 5) is 49.7. The van der Waals surface area contributed by atoms with E-state index in [0.717, 1.165) is 0 Å². The van der Waals surface area contributed by atoms with E-state index < -0.39 is 41.5 Å². The van der Waals surface area contributed by atoms with Gasteiger partial charge in [-0.3, -0.25) is 19.2 Å². The molecule has 0 aliphatic heterocycles. The highest BCUT2D eigenvalue weighted by Gasteiger charge is 2.26. The normalized spacial score (nSPS) is 15.4. The molecule has 0 spiro atoms. The van der Waals surface area contributed by atoms with Gasteiger partial charge in [-0.1, -0.05) is 13.8 Å².